The molecule has 1 fully saturated rings. The van der Waals surface area contributed by atoms with Gasteiger partial charge in [0.05, 0.1) is 0 Å². The van der Waals surface area contributed by atoms with Crippen molar-refractivity contribution >= 4 is 11.6 Å². The van der Waals surface area contributed by atoms with Crippen LogP contribution in [0.15, 0.2) is 12.2 Å². The van der Waals surface area contributed by atoms with E-state index in [2.05, 4.69) is 0 Å². The molecule has 0 aromatic rings. The second kappa shape index (κ2) is 1.78. The molecule has 0 radical (unpaired) electrons. The molecule has 0 unspecified atom stereocenters. The van der Waals surface area contributed by atoms with Crippen molar-refractivity contribution in [2.24, 2.45) is 11.8 Å². The molecule has 2 atom stereocenters. The van der Waals surface area contributed by atoms with E-state index >= 15 is 0 Å². The number of fused-ring (bicyclic) bond motifs is 2. The maximum atomic E-state index is 11.0. The molecular weight excluding hydrogens is 128 g/mol. The van der Waals surface area contributed by atoms with Gasteiger partial charge in [-0.25, -0.2) is 0 Å². The van der Waals surface area contributed by atoms with Gasteiger partial charge in [0.1, 0.15) is 11.6 Å². The third kappa shape index (κ3) is 0.649. The summed E-state index contributed by atoms with van der Waals surface area (Å²) in [6, 6.07) is 0. The van der Waals surface area contributed by atoms with E-state index in [1.165, 1.54) is 0 Å². The molecule has 0 aromatic carbocycles. The van der Waals surface area contributed by atoms with Crippen LogP contribution in [0.25, 0.3) is 0 Å². The van der Waals surface area contributed by atoms with Crippen molar-refractivity contribution in [3.05, 3.63) is 12.2 Å². The van der Waals surface area contributed by atoms with Crippen LogP contribution in [-0.4, -0.2) is 11.6 Å². The number of Topliss-reactive ketones (excluding diaryl/α,β-unsaturated/α-hetero) is 2. The van der Waals surface area contributed by atoms with Gasteiger partial charge < -0.3 is 0 Å². The summed E-state index contributed by atoms with van der Waals surface area (Å²) in [5.74, 6) is 0.342. The summed E-state index contributed by atoms with van der Waals surface area (Å²) in [6.07, 6.45) is 4.66. The van der Waals surface area contributed by atoms with Crippen molar-refractivity contribution in [3.63, 3.8) is 0 Å². The molecule has 2 nitrogen and oxygen atoms in total. The van der Waals surface area contributed by atoms with Crippen molar-refractivity contribution < 1.29 is 9.59 Å². The van der Waals surface area contributed by atoms with Crippen LogP contribution in [0.1, 0.15) is 12.8 Å². The molecule has 0 amide bonds. The van der Waals surface area contributed by atoms with Gasteiger partial charge in [-0.1, -0.05) is 12.2 Å². The second-order valence-corrected chi connectivity index (χ2v) is 2.94. The first-order valence-corrected chi connectivity index (χ1v) is 3.51. The Bertz CT molecular complexity index is 203. The Hall–Kier alpha value is -0.920. The minimum atomic E-state index is -0.0718. The summed E-state index contributed by atoms with van der Waals surface area (Å²) in [7, 11) is 0. The van der Waals surface area contributed by atoms with Gasteiger partial charge >= 0.3 is 0 Å². The Morgan fingerprint density at radius 3 is 1.60 bits per heavy atom. The lowest BCUT2D eigenvalue weighted by Gasteiger charge is -2.27. The minimum absolute atomic E-state index is 0.0718. The molecule has 10 heavy (non-hydrogen) atoms. The minimum Gasteiger partial charge on any atom is -0.299 e. The molecule has 0 aromatic heterocycles. The zero-order valence-electron chi connectivity index (χ0n) is 5.54. The molecular formula is C8H8O2. The summed E-state index contributed by atoms with van der Waals surface area (Å²) in [5, 5.41) is 0. The van der Waals surface area contributed by atoms with Gasteiger partial charge in [-0.05, 0) is 0 Å². The van der Waals surface area contributed by atoms with Crippen LogP contribution in [0.2, 0.25) is 0 Å². The molecule has 3 rings (SSSR count). The van der Waals surface area contributed by atoms with E-state index in [9.17, 15) is 9.59 Å². The maximum absolute atomic E-state index is 11.0. The molecule has 1 saturated carbocycles. The maximum Gasteiger partial charge on any atom is 0.141 e. The first-order valence-electron chi connectivity index (χ1n) is 3.51. The van der Waals surface area contributed by atoms with E-state index in [1.54, 1.807) is 0 Å². The van der Waals surface area contributed by atoms with Gasteiger partial charge in [0.25, 0.3) is 0 Å². The van der Waals surface area contributed by atoms with E-state index in [1.807, 2.05) is 12.2 Å². The smallest absolute Gasteiger partial charge is 0.141 e. The summed E-state index contributed by atoms with van der Waals surface area (Å²) in [5.41, 5.74) is 0. The van der Waals surface area contributed by atoms with Crippen molar-refractivity contribution in [1.82, 2.24) is 0 Å². The van der Waals surface area contributed by atoms with Gasteiger partial charge in [-0.15, -0.1) is 0 Å². The predicted molar refractivity (Wildman–Crippen MR) is 35.4 cm³/mol. The largest absolute Gasteiger partial charge is 0.299 e. The first-order chi connectivity index (χ1) is 4.77. The summed E-state index contributed by atoms with van der Waals surface area (Å²) in [4.78, 5) is 22.0. The van der Waals surface area contributed by atoms with Crippen molar-refractivity contribution in [2.75, 3.05) is 0 Å². The first kappa shape index (κ1) is 5.83. The normalized spacial score (nSPS) is 37.2. The van der Waals surface area contributed by atoms with Crippen molar-refractivity contribution in [2.45, 2.75) is 12.8 Å². The summed E-state index contributed by atoms with van der Waals surface area (Å²) >= 11 is 0. The fourth-order valence-corrected chi connectivity index (χ4v) is 1.58. The molecule has 3 aliphatic rings. The highest BCUT2D eigenvalue weighted by molar-refractivity contribution is 5.99. The monoisotopic (exact) mass is 136 g/mol. The average Bonchev–Trinajstić information content (AvgIpc) is 1.91. The highest BCUT2D eigenvalue weighted by Gasteiger charge is 2.35. The Kier molecular flexibility index (Phi) is 1.04. The van der Waals surface area contributed by atoms with Gasteiger partial charge in [0, 0.05) is 24.7 Å². The van der Waals surface area contributed by atoms with Gasteiger partial charge in [0.15, 0.2) is 0 Å². The number of hydrogen-bond donors (Lipinski definition) is 0. The number of carbonyl (C=O) groups is 2. The van der Waals surface area contributed by atoms with Crippen molar-refractivity contribution in [3.8, 4) is 0 Å². The van der Waals surface area contributed by atoms with Crippen LogP contribution in [0.3, 0.4) is 0 Å². The highest BCUT2D eigenvalue weighted by Crippen LogP contribution is 2.30. The molecule has 2 bridgehead atoms. The number of ketones is 2. The molecule has 0 heterocycles. The molecule has 3 aliphatic carbocycles. The van der Waals surface area contributed by atoms with Crippen molar-refractivity contribution in [1.29, 1.82) is 0 Å². The zero-order valence-corrected chi connectivity index (χ0v) is 5.54. The van der Waals surface area contributed by atoms with E-state index < -0.39 is 0 Å². The average molecular weight is 136 g/mol. The quantitative estimate of drug-likeness (QED) is 0.460. The number of allylic oxidation sites excluding steroid dienone is 2. The fraction of sp³-hybridized carbons (Fsp3) is 0.500. The number of carbonyl (C=O) groups excluding carboxylic acids is 2. The van der Waals surface area contributed by atoms with Crippen LogP contribution < -0.4 is 0 Å². The summed E-state index contributed by atoms with van der Waals surface area (Å²) < 4.78 is 0. The van der Waals surface area contributed by atoms with Crippen LogP contribution in [0.4, 0.5) is 0 Å². The Morgan fingerprint density at radius 1 is 1.00 bits per heavy atom. The number of rotatable bonds is 0. The van der Waals surface area contributed by atoms with Gasteiger partial charge in [0.2, 0.25) is 0 Å². The highest BCUT2D eigenvalue weighted by atomic mass is 16.1. The molecule has 0 aliphatic heterocycles. The second-order valence-electron chi connectivity index (χ2n) is 2.94. The lowest BCUT2D eigenvalue weighted by atomic mass is 9.74. The third-order valence-corrected chi connectivity index (χ3v) is 2.25. The van der Waals surface area contributed by atoms with E-state index in [0.29, 0.717) is 12.8 Å². The topological polar surface area (TPSA) is 34.1 Å². The number of hydrogen-bond acceptors (Lipinski definition) is 2. The van der Waals surface area contributed by atoms with Gasteiger partial charge in [-0.2, -0.15) is 0 Å². The van der Waals surface area contributed by atoms with Crippen LogP contribution in [0.5, 0.6) is 0 Å². The Balaban J connectivity index is 2.36. The summed E-state index contributed by atoms with van der Waals surface area (Å²) in [6.45, 7) is 0. The molecule has 0 saturated heterocycles. The predicted octanol–water partition coefficient (Wildman–Crippen LogP) is 0.721. The van der Waals surface area contributed by atoms with Crippen LogP contribution >= 0.6 is 0 Å². The zero-order chi connectivity index (χ0) is 7.14. The Labute approximate surface area is 58.9 Å². The molecule has 2 heteroatoms. The fourth-order valence-electron chi connectivity index (χ4n) is 1.58. The van der Waals surface area contributed by atoms with E-state index in [-0.39, 0.29) is 23.4 Å². The molecule has 0 spiro atoms. The van der Waals surface area contributed by atoms with Crippen LogP contribution in [0, 0.1) is 11.8 Å². The lowest BCUT2D eigenvalue weighted by molar-refractivity contribution is -0.134. The van der Waals surface area contributed by atoms with Gasteiger partial charge in [-0.3, -0.25) is 9.59 Å². The molecule has 0 N–H and O–H groups in total. The van der Waals surface area contributed by atoms with E-state index in [4.69, 9.17) is 0 Å². The Morgan fingerprint density at radius 2 is 1.40 bits per heavy atom. The molecule has 52 valence electrons. The lowest BCUT2D eigenvalue weighted by Crippen LogP contribution is -2.34. The standard InChI is InChI=1S/C8H8O2/c9-7-4-6-2-1-5(7)3-8(6)10/h1-2,5-6H,3-4H2/t5-,6-/m1/s1. The van der Waals surface area contributed by atoms with Crippen LogP contribution in [-0.2, 0) is 9.59 Å². The van der Waals surface area contributed by atoms with E-state index in [0.717, 1.165) is 0 Å². The third-order valence-electron chi connectivity index (χ3n) is 2.25. The SMILES string of the molecule is O=C1C[C@H]2C=C[C@@H]1CC2=O.